The SMILES string of the molecule is O=C1CCC(N2Cc3ccc(CNC(=O)c4ccc(N5CCOCC5)nc4)cc3C2=O)C(=O)N1. The summed E-state index contributed by atoms with van der Waals surface area (Å²) in [5, 5.41) is 5.17. The maximum absolute atomic E-state index is 13.0. The molecule has 3 aliphatic heterocycles. The molecule has 2 fully saturated rings. The van der Waals surface area contributed by atoms with Crippen molar-refractivity contribution in [1.29, 1.82) is 0 Å². The number of hydrogen-bond donors (Lipinski definition) is 2. The zero-order chi connectivity index (χ0) is 23.7. The highest BCUT2D eigenvalue weighted by atomic mass is 16.5. The van der Waals surface area contributed by atoms with Gasteiger partial charge in [0.2, 0.25) is 11.8 Å². The molecule has 1 aromatic carbocycles. The Morgan fingerprint density at radius 3 is 2.71 bits per heavy atom. The summed E-state index contributed by atoms with van der Waals surface area (Å²) in [6, 6.07) is 8.40. The van der Waals surface area contributed by atoms with Crippen molar-refractivity contribution in [3.8, 4) is 0 Å². The van der Waals surface area contributed by atoms with Gasteiger partial charge in [0.05, 0.1) is 18.8 Å². The largest absolute Gasteiger partial charge is 0.378 e. The summed E-state index contributed by atoms with van der Waals surface area (Å²) in [5.41, 5.74) is 2.59. The fourth-order valence-electron chi connectivity index (χ4n) is 4.50. The van der Waals surface area contributed by atoms with Crippen molar-refractivity contribution in [1.82, 2.24) is 20.5 Å². The first-order chi connectivity index (χ1) is 16.5. The number of ether oxygens (including phenoxy) is 1. The highest BCUT2D eigenvalue weighted by molar-refractivity contribution is 6.05. The summed E-state index contributed by atoms with van der Waals surface area (Å²) in [4.78, 5) is 57.2. The van der Waals surface area contributed by atoms with Crippen LogP contribution in [0.15, 0.2) is 36.5 Å². The molecular formula is C24H25N5O5. The first-order valence-electron chi connectivity index (χ1n) is 11.3. The lowest BCUT2D eigenvalue weighted by Crippen LogP contribution is -2.52. The molecule has 0 spiro atoms. The van der Waals surface area contributed by atoms with E-state index >= 15 is 0 Å². The molecule has 4 amide bonds. The van der Waals surface area contributed by atoms with Crippen LogP contribution in [0.2, 0.25) is 0 Å². The number of aromatic nitrogens is 1. The molecule has 3 aliphatic rings. The number of amides is 4. The van der Waals surface area contributed by atoms with Crippen LogP contribution in [0, 0.1) is 0 Å². The Morgan fingerprint density at radius 2 is 1.97 bits per heavy atom. The van der Waals surface area contributed by atoms with E-state index in [9.17, 15) is 19.2 Å². The first kappa shape index (κ1) is 22.0. The van der Waals surface area contributed by atoms with Gasteiger partial charge in [-0.3, -0.25) is 24.5 Å². The average Bonchev–Trinajstić information content (AvgIpc) is 3.18. The van der Waals surface area contributed by atoms with Crippen LogP contribution in [0.4, 0.5) is 5.82 Å². The molecule has 0 radical (unpaired) electrons. The number of hydrogen-bond acceptors (Lipinski definition) is 7. The standard InChI is InChI=1S/C24H25N5O5/c30-21-6-4-19(23(32)27-21)29-14-17-2-1-15(11-18(17)24(29)33)12-26-22(31)16-3-5-20(25-13-16)28-7-9-34-10-8-28/h1-3,5,11,13,19H,4,6-10,12,14H2,(H,26,31)(H,27,30,32). The fraction of sp³-hybridized carbons (Fsp3) is 0.375. The van der Waals surface area contributed by atoms with E-state index in [-0.39, 0.29) is 30.7 Å². The average molecular weight is 463 g/mol. The van der Waals surface area contributed by atoms with E-state index in [1.165, 1.54) is 4.90 Å². The van der Waals surface area contributed by atoms with Gasteiger partial charge in [-0.15, -0.1) is 0 Å². The Hall–Kier alpha value is -3.79. The van der Waals surface area contributed by atoms with E-state index in [0.717, 1.165) is 30.0 Å². The third-order valence-corrected chi connectivity index (χ3v) is 6.39. The molecule has 0 bridgehead atoms. The summed E-state index contributed by atoms with van der Waals surface area (Å²) in [5.74, 6) is -0.413. The van der Waals surface area contributed by atoms with Crippen molar-refractivity contribution in [2.45, 2.75) is 32.0 Å². The molecule has 1 atom stereocenters. The number of morpholine rings is 1. The second kappa shape index (κ2) is 9.22. The Balaban J connectivity index is 1.20. The minimum absolute atomic E-state index is 0.218. The molecule has 176 valence electrons. The minimum Gasteiger partial charge on any atom is -0.378 e. The Bertz CT molecular complexity index is 1140. The smallest absolute Gasteiger partial charge is 0.255 e. The molecular weight excluding hydrogens is 438 g/mol. The molecule has 2 aromatic rings. The Kier molecular flexibility index (Phi) is 5.97. The monoisotopic (exact) mass is 463 g/mol. The predicted molar refractivity (Wildman–Crippen MR) is 121 cm³/mol. The van der Waals surface area contributed by atoms with E-state index in [4.69, 9.17) is 4.74 Å². The van der Waals surface area contributed by atoms with Gasteiger partial charge in [0.1, 0.15) is 11.9 Å². The van der Waals surface area contributed by atoms with Gasteiger partial charge in [0.25, 0.3) is 11.8 Å². The third-order valence-electron chi connectivity index (χ3n) is 6.39. The third kappa shape index (κ3) is 4.36. The van der Waals surface area contributed by atoms with Crippen LogP contribution in [0.5, 0.6) is 0 Å². The molecule has 1 aromatic heterocycles. The first-order valence-corrected chi connectivity index (χ1v) is 11.3. The number of carbonyl (C=O) groups is 4. The number of nitrogens with zero attached hydrogens (tertiary/aromatic N) is 3. The lowest BCUT2D eigenvalue weighted by atomic mass is 10.0. The second-order valence-electron chi connectivity index (χ2n) is 8.58. The second-order valence-corrected chi connectivity index (χ2v) is 8.58. The number of anilines is 1. The molecule has 0 saturated carbocycles. The summed E-state index contributed by atoms with van der Waals surface area (Å²) < 4.78 is 5.35. The molecule has 1 unspecified atom stereocenters. The number of rotatable bonds is 5. The van der Waals surface area contributed by atoms with Gasteiger partial charge in [-0.25, -0.2) is 4.98 Å². The maximum Gasteiger partial charge on any atom is 0.255 e. The molecule has 34 heavy (non-hydrogen) atoms. The summed E-state index contributed by atoms with van der Waals surface area (Å²) in [6.45, 7) is 3.46. The van der Waals surface area contributed by atoms with Gasteiger partial charge in [0, 0.05) is 44.4 Å². The Morgan fingerprint density at radius 1 is 1.15 bits per heavy atom. The topological polar surface area (TPSA) is 121 Å². The van der Waals surface area contributed by atoms with Gasteiger partial charge < -0.3 is 19.9 Å². The lowest BCUT2D eigenvalue weighted by molar-refractivity contribution is -0.136. The van der Waals surface area contributed by atoms with E-state index in [2.05, 4.69) is 20.5 Å². The van der Waals surface area contributed by atoms with Crippen LogP contribution < -0.4 is 15.5 Å². The molecule has 2 saturated heterocycles. The van der Waals surface area contributed by atoms with Crippen LogP contribution in [0.1, 0.15) is 44.7 Å². The van der Waals surface area contributed by atoms with Gasteiger partial charge >= 0.3 is 0 Å². The highest BCUT2D eigenvalue weighted by Gasteiger charge is 2.39. The van der Waals surface area contributed by atoms with Crippen molar-refractivity contribution in [2.24, 2.45) is 0 Å². The molecule has 5 rings (SSSR count). The summed E-state index contributed by atoms with van der Waals surface area (Å²) in [7, 11) is 0. The van der Waals surface area contributed by atoms with Gasteiger partial charge in [-0.05, 0) is 35.7 Å². The van der Waals surface area contributed by atoms with Gasteiger partial charge in [-0.2, -0.15) is 0 Å². The fourth-order valence-corrected chi connectivity index (χ4v) is 4.50. The van der Waals surface area contributed by atoms with E-state index in [1.54, 1.807) is 18.3 Å². The Labute approximate surface area is 196 Å². The van der Waals surface area contributed by atoms with Crippen LogP contribution in [-0.2, 0) is 27.4 Å². The molecule has 10 heteroatoms. The molecule has 10 nitrogen and oxygen atoms in total. The number of pyridine rings is 1. The predicted octanol–water partition coefficient (Wildman–Crippen LogP) is 0.609. The maximum atomic E-state index is 13.0. The number of carbonyl (C=O) groups excluding carboxylic acids is 4. The van der Waals surface area contributed by atoms with Gasteiger partial charge in [0.15, 0.2) is 0 Å². The van der Waals surface area contributed by atoms with Crippen molar-refractivity contribution in [2.75, 3.05) is 31.2 Å². The van der Waals surface area contributed by atoms with Crippen molar-refractivity contribution in [3.05, 3.63) is 58.8 Å². The number of benzene rings is 1. The quantitative estimate of drug-likeness (QED) is 0.623. The van der Waals surface area contributed by atoms with Crippen LogP contribution >= 0.6 is 0 Å². The van der Waals surface area contributed by atoms with E-state index in [0.29, 0.717) is 37.3 Å². The number of piperidine rings is 1. The highest BCUT2D eigenvalue weighted by Crippen LogP contribution is 2.28. The molecule has 4 heterocycles. The number of imide groups is 1. The summed E-state index contributed by atoms with van der Waals surface area (Å²) in [6.07, 6.45) is 2.10. The van der Waals surface area contributed by atoms with Crippen molar-refractivity contribution < 1.29 is 23.9 Å². The summed E-state index contributed by atoms with van der Waals surface area (Å²) >= 11 is 0. The van der Waals surface area contributed by atoms with Crippen LogP contribution in [0.3, 0.4) is 0 Å². The van der Waals surface area contributed by atoms with E-state index < -0.39 is 11.9 Å². The van der Waals surface area contributed by atoms with E-state index in [1.807, 2.05) is 18.2 Å². The zero-order valence-corrected chi connectivity index (χ0v) is 18.6. The normalized spacial score (nSPS) is 20.2. The molecule has 0 aliphatic carbocycles. The minimum atomic E-state index is -0.645. The zero-order valence-electron chi connectivity index (χ0n) is 18.6. The number of nitrogens with one attached hydrogen (secondary N) is 2. The van der Waals surface area contributed by atoms with Crippen molar-refractivity contribution in [3.63, 3.8) is 0 Å². The van der Waals surface area contributed by atoms with Crippen LogP contribution in [-0.4, -0.2) is 65.9 Å². The van der Waals surface area contributed by atoms with Crippen molar-refractivity contribution >= 4 is 29.4 Å². The van der Waals surface area contributed by atoms with Gasteiger partial charge in [-0.1, -0.05) is 12.1 Å². The number of fused-ring (bicyclic) bond motifs is 1. The van der Waals surface area contributed by atoms with Crippen LogP contribution in [0.25, 0.3) is 0 Å². The lowest BCUT2D eigenvalue weighted by Gasteiger charge is -2.29. The molecule has 2 N–H and O–H groups in total.